The zero-order chi connectivity index (χ0) is 11.3. The van der Waals surface area contributed by atoms with Gasteiger partial charge in [0, 0.05) is 12.7 Å². The molecule has 0 saturated heterocycles. The lowest BCUT2D eigenvalue weighted by molar-refractivity contribution is 0.321. The van der Waals surface area contributed by atoms with Crippen molar-refractivity contribution in [1.82, 2.24) is 9.55 Å². The highest BCUT2D eigenvalue weighted by Gasteiger charge is 2.00. The number of hydrogen-bond acceptors (Lipinski definition) is 4. The summed E-state index contributed by atoms with van der Waals surface area (Å²) in [7, 11) is 0. The summed E-state index contributed by atoms with van der Waals surface area (Å²) >= 11 is 0. The average Bonchev–Trinajstić information content (AvgIpc) is 2.22. The number of hydrogen-bond donors (Lipinski definition) is 2. The van der Waals surface area contributed by atoms with Crippen molar-refractivity contribution in [3.8, 4) is 0 Å². The van der Waals surface area contributed by atoms with Gasteiger partial charge >= 0.3 is 5.69 Å². The van der Waals surface area contributed by atoms with Crippen LogP contribution >= 0.6 is 0 Å². The second-order valence-electron chi connectivity index (χ2n) is 3.00. The van der Waals surface area contributed by atoms with Crippen molar-refractivity contribution in [2.45, 2.75) is 13.0 Å². The Balaban J connectivity index is 2.70. The van der Waals surface area contributed by atoms with Crippen molar-refractivity contribution in [3.05, 3.63) is 34.7 Å². The van der Waals surface area contributed by atoms with E-state index in [1.165, 1.54) is 16.8 Å². The van der Waals surface area contributed by atoms with E-state index in [2.05, 4.69) is 4.98 Å². The van der Waals surface area contributed by atoms with Gasteiger partial charge in [0.05, 0.1) is 12.9 Å². The predicted molar refractivity (Wildman–Crippen MR) is 53.8 cm³/mol. The van der Waals surface area contributed by atoms with E-state index in [1.54, 1.807) is 0 Å². The molecule has 6 heteroatoms. The monoisotopic (exact) mass is 213 g/mol. The molecular formula is C9H12FN3O2. The zero-order valence-electron chi connectivity index (χ0n) is 8.06. The highest BCUT2D eigenvalue weighted by Crippen LogP contribution is 2.02. The molecule has 0 fully saturated rings. The number of nitrogens with zero attached hydrogens (tertiary/aromatic N) is 2. The first-order chi connectivity index (χ1) is 7.17. The van der Waals surface area contributed by atoms with Crippen molar-refractivity contribution in [3.63, 3.8) is 0 Å². The Morgan fingerprint density at radius 3 is 3.00 bits per heavy atom. The van der Waals surface area contributed by atoms with E-state index >= 15 is 0 Å². The molecule has 1 rings (SSSR count). The number of nitrogens with two attached hydrogens (primary N) is 1. The molecule has 0 unspecified atom stereocenters. The van der Waals surface area contributed by atoms with Crippen LogP contribution in [-0.2, 0) is 6.54 Å². The number of aliphatic hydroxyl groups excluding tert-OH is 1. The second kappa shape index (κ2) is 5.26. The summed E-state index contributed by atoms with van der Waals surface area (Å²) in [6, 6.07) is 1.49. The van der Waals surface area contributed by atoms with Gasteiger partial charge in [-0.3, -0.25) is 4.57 Å². The van der Waals surface area contributed by atoms with Crippen LogP contribution in [0.2, 0.25) is 0 Å². The molecule has 0 atom stereocenters. The van der Waals surface area contributed by atoms with Gasteiger partial charge < -0.3 is 10.8 Å². The van der Waals surface area contributed by atoms with Crippen LogP contribution in [0.1, 0.15) is 6.42 Å². The molecule has 0 aliphatic heterocycles. The smallest absolute Gasteiger partial charge is 0.349 e. The number of nitrogen functional groups attached to an aromatic ring is 1. The van der Waals surface area contributed by atoms with Gasteiger partial charge in [-0.05, 0) is 18.1 Å². The Hall–Kier alpha value is -1.69. The summed E-state index contributed by atoms with van der Waals surface area (Å²) in [5, 5.41) is 8.69. The van der Waals surface area contributed by atoms with E-state index in [0.717, 1.165) is 0 Å². The summed E-state index contributed by atoms with van der Waals surface area (Å²) in [6.45, 7) is -0.0872. The standard InChI is InChI=1S/C9H12FN3O2/c10-5-7(6-14)1-3-13-4-2-8(11)12-9(13)15/h2,4-5,14H,1,3,6H2,(H2,11,12,15). The van der Waals surface area contributed by atoms with E-state index in [4.69, 9.17) is 10.8 Å². The number of aromatic nitrogens is 2. The fourth-order valence-electron chi connectivity index (χ4n) is 1.04. The third kappa shape index (κ3) is 3.17. The molecule has 0 aliphatic rings. The lowest BCUT2D eigenvalue weighted by Crippen LogP contribution is -2.23. The molecule has 82 valence electrons. The maximum atomic E-state index is 12.1. The van der Waals surface area contributed by atoms with Gasteiger partial charge in [0.25, 0.3) is 0 Å². The van der Waals surface area contributed by atoms with Crippen LogP contribution in [0, 0.1) is 0 Å². The molecule has 1 aromatic rings. The molecular weight excluding hydrogens is 201 g/mol. The number of aryl methyl sites for hydroxylation is 1. The van der Waals surface area contributed by atoms with Crippen molar-refractivity contribution < 1.29 is 9.50 Å². The normalized spacial score (nSPS) is 11.7. The van der Waals surface area contributed by atoms with Gasteiger partial charge in [-0.1, -0.05) is 0 Å². The molecule has 0 spiro atoms. The van der Waals surface area contributed by atoms with Crippen LogP contribution in [0.3, 0.4) is 0 Å². The van der Waals surface area contributed by atoms with Crippen molar-refractivity contribution in [2.75, 3.05) is 12.3 Å². The Labute approximate surface area is 85.7 Å². The summed E-state index contributed by atoms with van der Waals surface area (Å²) in [6.07, 6.45) is 2.09. The van der Waals surface area contributed by atoms with Crippen LogP contribution in [0.25, 0.3) is 0 Å². The van der Waals surface area contributed by atoms with E-state index in [9.17, 15) is 9.18 Å². The Morgan fingerprint density at radius 1 is 1.73 bits per heavy atom. The maximum Gasteiger partial charge on any atom is 0.349 e. The second-order valence-corrected chi connectivity index (χ2v) is 3.00. The molecule has 0 aromatic carbocycles. The summed E-state index contributed by atoms with van der Waals surface area (Å²) in [5.74, 6) is 0.152. The summed E-state index contributed by atoms with van der Waals surface area (Å²) in [5.41, 5.74) is 5.05. The van der Waals surface area contributed by atoms with Crippen LogP contribution in [0.15, 0.2) is 29.0 Å². The summed E-state index contributed by atoms with van der Waals surface area (Å²) in [4.78, 5) is 14.7. The highest BCUT2D eigenvalue weighted by atomic mass is 19.1. The predicted octanol–water partition coefficient (Wildman–Crippen LogP) is 0.0613. The van der Waals surface area contributed by atoms with Gasteiger partial charge in [-0.25, -0.2) is 9.18 Å². The van der Waals surface area contributed by atoms with Crippen molar-refractivity contribution in [2.24, 2.45) is 0 Å². The number of anilines is 1. The van der Waals surface area contributed by atoms with Gasteiger partial charge in [-0.15, -0.1) is 0 Å². The molecule has 0 saturated carbocycles. The van der Waals surface area contributed by atoms with Crippen LogP contribution in [0.4, 0.5) is 10.2 Å². The van der Waals surface area contributed by atoms with Crippen LogP contribution in [-0.4, -0.2) is 21.3 Å². The molecule has 0 bridgehead atoms. The first kappa shape index (κ1) is 11.4. The number of rotatable bonds is 4. The summed E-state index contributed by atoms with van der Waals surface area (Å²) < 4.78 is 13.4. The van der Waals surface area contributed by atoms with Gasteiger partial charge in [0.2, 0.25) is 0 Å². The minimum absolute atomic E-state index is 0.152. The minimum atomic E-state index is -0.480. The van der Waals surface area contributed by atoms with Gasteiger partial charge in [0.1, 0.15) is 5.82 Å². The van der Waals surface area contributed by atoms with Crippen LogP contribution in [0.5, 0.6) is 0 Å². The molecule has 1 heterocycles. The quantitative estimate of drug-likeness (QED) is 0.741. The molecule has 0 amide bonds. The first-order valence-corrected chi connectivity index (χ1v) is 4.39. The minimum Gasteiger partial charge on any atom is -0.392 e. The Morgan fingerprint density at radius 2 is 2.47 bits per heavy atom. The van der Waals surface area contributed by atoms with E-state index in [-0.39, 0.29) is 31.0 Å². The Kier molecular flexibility index (Phi) is 3.99. The third-order valence-electron chi connectivity index (χ3n) is 1.93. The molecule has 15 heavy (non-hydrogen) atoms. The molecule has 5 nitrogen and oxygen atoms in total. The van der Waals surface area contributed by atoms with Gasteiger partial charge in [0.15, 0.2) is 0 Å². The Bertz CT molecular complexity index is 414. The third-order valence-corrected chi connectivity index (χ3v) is 1.93. The maximum absolute atomic E-state index is 12.1. The van der Waals surface area contributed by atoms with Gasteiger partial charge in [-0.2, -0.15) is 4.98 Å². The molecule has 0 aliphatic carbocycles. The van der Waals surface area contributed by atoms with Crippen molar-refractivity contribution >= 4 is 5.82 Å². The lowest BCUT2D eigenvalue weighted by Gasteiger charge is -2.05. The van der Waals surface area contributed by atoms with E-state index < -0.39 is 5.69 Å². The van der Waals surface area contributed by atoms with E-state index in [0.29, 0.717) is 6.33 Å². The fourth-order valence-corrected chi connectivity index (χ4v) is 1.04. The fraction of sp³-hybridized carbons (Fsp3) is 0.333. The van der Waals surface area contributed by atoms with Crippen molar-refractivity contribution in [1.29, 1.82) is 0 Å². The zero-order valence-corrected chi connectivity index (χ0v) is 8.06. The molecule has 1 aromatic heterocycles. The molecule has 3 N–H and O–H groups in total. The first-order valence-electron chi connectivity index (χ1n) is 4.39. The highest BCUT2D eigenvalue weighted by molar-refractivity contribution is 5.23. The topological polar surface area (TPSA) is 81.1 Å². The average molecular weight is 213 g/mol. The molecule has 0 radical (unpaired) electrons. The number of halogens is 1. The largest absolute Gasteiger partial charge is 0.392 e. The number of aliphatic hydroxyl groups is 1. The van der Waals surface area contributed by atoms with Crippen LogP contribution < -0.4 is 11.4 Å². The SMILES string of the molecule is Nc1ccn(CCC(=CF)CO)c(=O)n1. The lowest BCUT2D eigenvalue weighted by atomic mass is 10.2. The van der Waals surface area contributed by atoms with E-state index in [1.807, 2.05) is 0 Å².